The van der Waals surface area contributed by atoms with Crippen molar-refractivity contribution in [2.24, 2.45) is 0 Å². The third-order valence-electron chi connectivity index (χ3n) is 4.90. The molecule has 2 aromatic rings. The van der Waals surface area contributed by atoms with Crippen LogP contribution in [-0.4, -0.2) is 29.7 Å². The number of benzene rings is 1. The predicted octanol–water partition coefficient (Wildman–Crippen LogP) is 3.07. The Labute approximate surface area is 154 Å². The molecule has 1 aromatic heterocycles. The summed E-state index contributed by atoms with van der Waals surface area (Å²) in [4.78, 5) is 12.4. The van der Waals surface area contributed by atoms with Crippen LogP contribution in [0.25, 0.3) is 0 Å². The fourth-order valence-electron chi connectivity index (χ4n) is 3.41. The molecule has 1 amide bonds. The SMILES string of the molecule is Cl.O=C(N[C@H]1CCN[C@H](Cc2ccccc2)C1)c1cc(C2CC2)on1. The molecule has 2 aliphatic rings. The van der Waals surface area contributed by atoms with Gasteiger partial charge in [0.05, 0.1) is 0 Å². The Morgan fingerprint density at radius 1 is 1.24 bits per heavy atom. The van der Waals surface area contributed by atoms with Gasteiger partial charge in [0.1, 0.15) is 5.76 Å². The smallest absolute Gasteiger partial charge is 0.273 e. The van der Waals surface area contributed by atoms with Gasteiger partial charge in [0.25, 0.3) is 5.91 Å². The molecule has 0 bridgehead atoms. The number of hydrogen-bond donors (Lipinski definition) is 2. The van der Waals surface area contributed by atoms with E-state index in [2.05, 4.69) is 40.1 Å². The van der Waals surface area contributed by atoms with Crippen molar-refractivity contribution in [2.75, 3.05) is 6.54 Å². The number of rotatable bonds is 5. The van der Waals surface area contributed by atoms with E-state index in [0.29, 0.717) is 17.7 Å². The van der Waals surface area contributed by atoms with Crippen LogP contribution in [0.15, 0.2) is 40.9 Å². The number of piperidine rings is 1. The lowest BCUT2D eigenvalue weighted by atomic mass is 9.94. The summed E-state index contributed by atoms with van der Waals surface area (Å²) in [6.45, 7) is 0.925. The van der Waals surface area contributed by atoms with Crippen molar-refractivity contribution in [3.8, 4) is 0 Å². The van der Waals surface area contributed by atoms with E-state index in [1.165, 1.54) is 5.56 Å². The molecule has 0 unspecified atom stereocenters. The number of hydrogen-bond acceptors (Lipinski definition) is 4. The molecule has 2 N–H and O–H groups in total. The van der Waals surface area contributed by atoms with Crippen LogP contribution in [0.5, 0.6) is 0 Å². The molecule has 25 heavy (non-hydrogen) atoms. The summed E-state index contributed by atoms with van der Waals surface area (Å²) in [6.07, 6.45) is 5.17. The topological polar surface area (TPSA) is 67.2 Å². The maximum atomic E-state index is 12.4. The average Bonchev–Trinajstić information content (AvgIpc) is 3.33. The van der Waals surface area contributed by atoms with Gasteiger partial charge >= 0.3 is 0 Å². The van der Waals surface area contributed by atoms with E-state index >= 15 is 0 Å². The first-order valence-corrected chi connectivity index (χ1v) is 8.83. The summed E-state index contributed by atoms with van der Waals surface area (Å²) in [5.74, 6) is 1.22. The highest BCUT2D eigenvalue weighted by molar-refractivity contribution is 5.92. The fraction of sp³-hybridized carbons (Fsp3) is 0.474. The summed E-state index contributed by atoms with van der Waals surface area (Å²) in [6, 6.07) is 12.9. The van der Waals surface area contributed by atoms with Crippen molar-refractivity contribution in [3.05, 3.63) is 53.4 Å². The van der Waals surface area contributed by atoms with Crippen LogP contribution < -0.4 is 10.6 Å². The summed E-state index contributed by atoms with van der Waals surface area (Å²) in [7, 11) is 0. The highest BCUT2D eigenvalue weighted by Crippen LogP contribution is 2.40. The lowest BCUT2D eigenvalue weighted by Gasteiger charge is -2.30. The lowest BCUT2D eigenvalue weighted by Crippen LogP contribution is -2.48. The number of nitrogens with zero attached hydrogens (tertiary/aromatic N) is 1. The molecule has 1 aromatic carbocycles. The zero-order valence-corrected chi connectivity index (χ0v) is 14.9. The Morgan fingerprint density at radius 3 is 2.80 bits per heavy atom. The summed E-state index contributed by atoms with van der Waals surface area (Å²) < 4.78 is 5.28. The van der Waals surface area contributed by atoms with Crippen LogP contribution in [0.2, 0.25) is 0 Å². The van der Waals surface area contributed by atoms with E-state index in [1.807, 2.05) is 6.07 Å². The zero-order valence-electron chi connectivity index (χ0n) is 14.1. The number of aromatic nitrogens is 1. The minimum atomic E-state index is -0.115. The number of nitrogens with one attached hydrogen (secondary N) is 2. The quantitative estimate of drug-likeness (QED) is 0.858. The molecular formula is C19H24ClN3O2. The van der Waals surface area contributed by atoms with Crippen molar-refractivity contribution < 1.29 is 9.32 Å². The van der Waals surface area contributed by atoms with Gasteiger partial charge in [0.15, 0.2) is 5.69 Å². The first-order valence-electron chi connectivity index (χ1n) is 8.83. The molecular weight excluding hydrogens is 338 g/mol. The fourth-order valence-corrected chi connectivity index (χ4v) is 3.41. The van der Waals surface area contributed by atoms with Crippen molar-refractivity contribution in [1.82, 2.24) is 15.8 Å². The first-order chi connectivity index (χ1) is 11.8. The maximum Gasteiger partial charge on any atom is 0.273 e. The molecule has 1 saturated carbocycles. The first kappa shape index (κ1) is 18.0. The number of amides is 1. The van der Waals surface area contributed by atoms with E-state index in [4.69, 9.17) is 4.52 Å². The Balaban J connectivity index is 0.00000182. The summed E-state index contributed by atoms with van der Waals surface area (Å²) in [5, 5.41) is 10.6. The Bertz CT molecular complexity index is 700. The van der Waals surface area contributed by atoms with E-state index < -0.39 is 0 Å². The van der Waals surface area contributed by atoms with Crippen LogP contribution in [-0.2, 0) is 6.42 Å². The van der Waals surface area contributed by atoms with Gasteiger partial charge in [-0.15, -0.1) is 12.4 Å². The molecule has 0 spiro atoms. The molecule has 2 heterocycles. The highest BCUT2D eigenvalue weighted by Gasteiger charge is 2.30. The van der Waals surface area contributed by atoms with Crippen molar-refractivity contribution in [1.29, 1.82) is 0 Å². The molecule has 2 atom stereocenters. The van der Waals surface area contributed by atoms with Gasteiger partial charge in [0, 0.05) is 24.1 Å². The standard InChI is InChI=1S/C19H23N3O2.ClH/c23-19(17-12-18(24-22-17)14-6-7-14)21-15-8-9-20-16(11-15)10-13-4-2-1-3-5-13;/h1-5,12,14-16,20H,6-11H2,(H,21,23);1H/t15-,16+;/m0./s1. The molecule has 6 heteroatoms. The van der Waals surface area contributed by atoms with E-state index in [9.17, 15) is 4.79 Å². The lowest BCUT2D eigenvalue weighted by molar-refractivity contribution is 0.0915. The van der Waals surface area contributed by atoms with Crippen LogP contribution in [0.4, 0.5) is 0 Å². The van der Waals surface area contributed by atoms with Crippen molar-refractivity contribution >= 4 is 18.3 Å². The Kier molecular flexibility index (Phi) is 5.76. The summed E-state index contributed by atoms with van der Waals surface area (Å²) >= 11 is 0. The third-order valence-corrected chi connectivity index (χ3v) is 4.90. The average molecular weight is 362 g/mol. The molecule has 0 radical (unpaired) electrons. The molecule has 5 nitrogen and oxygen atoms in total. The molecule has 1 aliphatic carbocycles. The number of carbonyl (C=O) groups is 1. The van der Waals surface area contributed by atoms with Crippen LogP contribution in [0.1, 0.15) is 53.4 Å². The largest absolute Gasteiger partial charge is 0.360 e. The number of carbonyl (C=O) groups excluding carboxylic acids is 1. The predicted molar refractivity (Wildman–Crippen MR) is 98.2 cm³/mol. The molecule has 1 saturated heterocycles. The molecule has 2 fully saturated rings. The van der Waals surface area contributed by atoms with Gasteiger partial charge in [-0.1, -0.05) is 35.5 Å². The van der Waals surface area contributed by atoms with Crippen LogP contribution in [0, 0.1) is 0 Å². The molecule has 134 valence electrons. The molecule has 4 rings (SSSR count). The second-order valence-corrected chi connectivity index (χ2v) is 6.92. The normalized spacial score (nSPS) is 22.9. The van der Waals surface area contributed by atoms with Gasteiger partial charge in [-0.05, 0) is 44.2 Å². The van der Waals surface area contributed by atoms with Gasteiger partial charge in [-0.3, -0.25) is 4.79 Å². The minimum Gasteiger partial charge on any atom is -0.360 e. The van der Waals surface area contributed by atoms with Crippen LogP contribution in [0.3, 0.4) is 0 Å². The second kappa shape index (κ2) is 8.02. The van der Waals surface area contributed by atoms with Crippen LogP contribution >= 0.6 is 12.4 Å². The van der Waals surface area contributed by atoms with E-state index in [1.54, 1.807) is 6.07 Å². The Hall–Kier alpha value is -1.85. The third kappa shape index (κ3) is 4.61. The van der Waals surface area contributed by atoms with Gasteiger partial charge in [-0.25, -0.2) is 0 Å². The van der Waals surface area contributed by atoms with Crippen molar-refractivity contribution in [2.45, 2.75) is 50.1 Å². The summed E-state index contributed by atoms with van der Waals surface area (Å²) in [5.41, 5.74) is 1.74. The zero-order chi connectivity index (χ0) is 16.4. The van der Waals surface area contributed by atoms with Gasteiger partial charge in [0.2, 0.25) is 0 Å². The van der Waals surface area contributed by atoms with E-state index in [0.717, 1.165) is 44.4 Å². The van der Waals surface area contributed by atoms with Gasteiger partial charge in [-0.2, -0.15) is 0 Å². The molecule has 1 aliphatic heterocycles. The number of halogens is 1. The monoisotopic (exact) mass is 361 g/mol. The van der Waals surface area contributed by atoms with Gasteiger partial charge < -0.3 is 15.2 Å². The highest BCUT2D eigenvalue weighted by atomic mass is 35.5. The minimum absolute atomic E-state index is 0. The van der Waals surface area contributed by atoms with E-state index in [-0.39, 0.29) is 24.4 Å². The second-order valence-electron chi connectivity index (χ2n) is 6.92. The maximum absolute atomic E-state index is 12.4. The van der Waals surface area contributed by atoms with Crippen molar-refractivity contribution in [3.63, 3.8) is 0 Å². The Morgan fingerprint density at radius 2 is 2.04 bits per heavy atom.